The molecule has 9 nitrogen and oxygen atoms in total. The maximum Gasteiger partial charge on any atom is 0.433 e. The first-order valence-corrected chi connectivity index (χ1v) is 12.3. The van der Waals surface area contributed by atoms with Crippen LogP contribution in [0.2, 0.25) is 0 Å². The third-order valence-electron chi connectivity index (χ3n) is 6.39. The molecule has 1 aliphatic rings. The number of amides is 3. The van der Waals surface area contributed by atoms with Crippen LogP contribution < -0.4 is 15.8 Å². The minimum Gasteiger partial charge on any atom is -0.451 e. The van der Waals surface area contributed by atoms with Gasteiger partial charge in [-0.05, 0) is 18.2 Å². The van der Waals surface area contributed by atoms with Crippen LogP contribution in [0.4, 0.5) is 10.5 Å². The standard InChI is InChI=1S/C29H27N5O4/c1-38-29(37)34(21-12-6-3-7-13-21)32-28(36)26-22-14-8-9-15-24(22)31-27(20-10-4-2-5-11-20)23(26)19-33-17-16-30-18-25(33)35/h2-15,30H,16-19H2,1H3,(H,32,36). The molecule has 2 heterocycles. The average Bonchev–Trinajstić information content (AvgIpc) is 2.97. The van der Waals surface area contributed by atoms with Crippen LogP contribution >= 0.6 is 0 Å². The third-order valence-corrected chi connectivity index (χ3v) is 6.39. The molecule has 1 aliphatic heterocycles. The summed E-state index contributed by atoms with van der Waals surface area (Å²) in [6.07, 6.45) is -0.745. The molecule has 1 aromatic heterocycles. The van der Waals surface area contributed by atoms with E-state index >= 15 is 0 Å². The van der Waals surface area contributed by atoms with Gasteiger partial charge in [-0.1, -0.05) is 66.7 Å². The lowest BCUT2D eigenvalue weighted by Crippen LogP contribution is -2.48. The summed E-state index contributed by atoms with van der Waals surface area (Å²) in [5, 5.41) is 4.76. The number of nitrogens with one attached hydrogen (secondary N) is 2. The summed E-state index contributed by atoms with van der Waals surface area (Å²) in [5.74, 6) is -0.581. The van der Waals surface area contributed by atoms with Crippen LogP contribution in [0.25, 0.3) is 22.2 Å². The molecule has 0 unspecified atom stereocenters. The van der Waals surface area contributed by atoms with Crippen molar-refractivity contribution < 1.29 is 19.1 Å². The summed E-state index contributed by atoms with van der Waals surface area (Å²) in [6, 6.07) is 25.6. The van der Waals surface area contributed by atoms with E-state index in [1.165, 1.54) is 7.11 Å². The van der Waals surface area contributed by atoms with Gasteiger partial charge in [0, 0.05) is 36.1 Å². The predicted molar refractivity (Wildman–Crippen MR) is 144 cm³/mol. The number of ether oxygens (including phenoxy) is 1. The van der Waals surface area contributed by atoms with Crippen molar-refractivity contribution in [1.29, 1.82) is 0 Å². The quantitative estimate of drug-likeness (QED) is 0.397. The van der Waals surface area contributed by atoms with Crippen molar-refractivity contribution in [2.24, 2.45) is 0 Å². The number of nitrogens with zero attached hydrogens (tertiary/aromatic N) is 3. The Bertz CT molecular complexity index is 1480. The number of anilines is 1. The minimum absolute atomic E-state index is 0.0600. The predicted octanol–water partition coefficient (Wildman–Crippen LogP) is 3.75. The molecule has 192 valence electrons. The van der Waals surface area contributed by atoms with Crippen LogP contribution in [0.3, 0.4) is 0 Å². The molecule has 0 radical (unpaired) electrons. The van der Waals surface area contributed by atoms with Crippen molar-refractivity contribution in [3.63, 3.8) is 0 Å². The molecule has 0 saturated carbocycles. The molecule has 3 aromatic carbocycles. The van der Waals surface area contributed by atoms with Crippen LogP contribution in [-0.4, -0.2) is 54.5 Å². The van der Waals surface area contributed by atoms with Crippen molar-refractivity contribution in [3.05, 3.63) is 96.1 Å². The SMILES string of the molecule is COC(=O)N(NC(=O)c1c(CN2CCNCC2=O)c(-c2ccccc2)nc2ccccc12)c1ccccc1. The zero-order valence-electron chi connectivity index (χ0n) is 20.9. The Kier molecular flexibility index (Phi) is 7.28. The second-order valence-corrected chi connectivity index (χ2v) is 8.77. The lowest BCUT2D eigenvalue weighted by atomic mass is 9.95. The normalized spacial score (nSPS) is 13.3. The Morgan fingerprint density at radius 1 is 1.00 bits per heavy atom. The molecule has 5 rings (SSSR count). The fourth-order valence-electron chi connectivity index (χ4n) is 4.54. The molecule has 1 saturated heterocycles. The van der Waals surface area contributed by atoms with Crippen molar-refractivity contribution in [2.45, 2.75) is 6.54 Å². The van der Waals surface area contributed by atoms with Crippen LogP contribution in [-0.2, 0) is 16.1 Å². The summed E-state index contributed by atoms with van der Waals surface area (Å²) >= 11 is 0. The number of pyridine rings is 1. The number of piperazine rings is 1. The summed E-state index contributed by atoms with van der Waals surface area (Å²) < 4.78 is 4.95. The monoisotopic (exact) mass is 509 g/mol. The molecular weight excluding hydrogens is 482 g/mol. The number of rotatable bonds is 5. The highest BCUT2D eigenvalue weighted by Crippen LogP contribution is 2.32. The maximum atomic E-state index is 14.1. The van der Waals surface area contributed by atoms with Crippen molar-refractivity contribution in [3.8, 4) is 11.3 Å². The van der Waals surface area contributed by atoms with Gasteiger partial charge in [0.25, 0.3) is 5.91 Å². The first-order valence-electron chi connectivity index (χ1n) is 12.3. The van der Waals surface area contributed by atoms with Gasteiger partial charge in [-0.2, -0.15) is 5.01 Å². The van der Waals surface area contributed by atoms with E-state index in [9.17, 15) is 14.4 Å². The van der Waals surface area contributed by atoms with Gasteiger partial charge < -0.3 is 15.0 Å². The highest BCUT2D eigenvalue weighted by atomic mass is 16.5. The van der Waals surface area contributed by atoms with Crippen molar-refractivity contribution >= 4 is 34.5 Å². The molecule has 2 N–H and O–H groups in total. The zero-order chi connectivity index (χ0) is 26.5. The molecule has 4 aromatic rings. The molecule has 0 atom stereocenters. The zero-order valence-corrected chi connectivity index (χ0v) is 20.9. The van der Waals surface area contributed by atoms with Gasteiger partial charge in [-0.3, -0.25) is 15.0 Å². The number of methoxy groups -OCH3 is 1. The second kappa shape index (κ2) is 11.1. The third kappa shape index (κ3) is 5.05. The van der Waals surface area contributed by atoms with Crippen molar-refractivity contribution in [1.82, 2.24) is 20.6 Å². The molecule has 3 amide bonds. The van der Waals surface area contributed by atoms with E-state index in [-0.39, 0.29) is 19.0 Å². The number of aromatic nitrogens is 1. The number of hydrogen-bond acceptors (Lipinski definition) is 6. The first kappa shape index (κ1) is 24.9. The first-order chi connectivity index (χ1) is 18.6. The smallest absolute Gasteiger partial charge is 0.433 e. The number of carbonyl (C=O) groups is 3. The summed E-state index contributed by atoms with van der Waals surface area (Å²) in [7, 11) is 1.25. The Morgan fingerprint density at radius 3 is 2.39 bits per heavy atom. The van der Waals surface area contributed by atoms with Gasteiger partial charge in [0.2, 0.25) is 5.91 Å². The van der Waals surface area contributed by atoms with Gasteiger partial charge >= 0.3 is 6.09 Å². The largest absolute Gasteiger partial charge is 0.451 e. The minimum atomic E-state index is -0.745. The number of para-hydroxylation sites is 2. The molecular formula is C29H27N5O4. The molecule has 0 spiro atoms. The number of hydrazine groups is 1. The van der Waals surface area contributed by atoms with Crippen molar-refractivity contribution in [2.75, 3.05) is 31.8 Å². The number of fused-ring (bicyclic) bond motifs is 1. The van der Waals surface area contributed by atoms with Crippen LogP contribution in [0, 0.1) is 0 Å². The molecule has 0 bridgehead atoms. The van der Waals surface area contributed by atoms with E-state index in [1.54, 1.807) is 29.2 Å². The Labute approximate surface area is 220 Å². The fraction of sp³-hybridized carbons (Fsp3) is 0.172. The summed E-state index contributed by atoms with van der Waals surface area (Å²) in [4.78, 5) is 46.2. The van der Waals surface area contributed by atoms with Gasteiger partial charge in [-0.25, -0.2) is 9.78 Å². The molecule has 38 heavy (non-hydrogen) atoms. The topological polar surface area (TPSA) is 104 Å². The van der Waals surface area contributed by atoms with Gasteiger partial charge in [0.15, 0.2) is 0 Å². The number of hydrogen-bond donors (Lipinski definition) is 2. The van der Waals surface area contributed by atoms with E-state index < -0.39 is 12.0 Å². The van der Waals surface area contributed by atoms with Gasteiger partial charge in [0.1, 0.15) is 0 Å². The Hall–Kier alpha value is -4.76. The van der Waals surface area contributed by atoms with Gasteiger partial charge in [0.05, 0.1) is 36.1 Å². The van der Waals surface area contributed by atoms with E-state index in [0.717, 1.165) is 10.6 Å². The van der Waals surface area contributed by atoms with E-state index in [1.807, 2.05) is 60.7 Å². The Balaban J connectivity index is 1.68. The van der Waals surface area contributed by atoms with E-state index in [0.29, 0.717) is 46.5 Å². The second-order valence-electron chi connectivity index (χ2n) is 8.77. The summed E-state index contributed by atoms with van der Waals surface area (Å²) in [5.41, 5.74) is 6.15. The molecule has 0 aliphatic carbocycles. The Morgan fingerprint density at radius 2 is 1.68 bits per heavy atom. The number of carbonyl (C=O) groups excluding carboxylic acids is 3. The lowest BCUT2D eigenvalue weighted by Gasteiger charge is -2.30. The fourth-order valence-corrected chi connectivity index (χ4v) is 4.54. The van der Waals surface area contributed by atoms with Crippen LogP contribution in [0.15, 0.2) is 84.9 Å². The highest BCUT2D eigenvalue weighted by molar-refractivity contribution is 6.10. The highest BCUT2D eigenvalue weighted by Gasteiger charge is 2.28. The van der Waals surface area contributed by atoms with E-state index in [2.05, 4.69) is 10.7 Å². The van der Waals surface area contributed by atoms with E-state index in [4.69, 9.17) is 9.72 Å². The molecule has 9 heteroatoms. The summed E-state index contributed by atoms with van der Waals surface area (Å²) in [6.45, 7) is 1.57. The lowest BCUT2D eigenvalue weighted by molar-refractivity contribution is -0.132. The maximum absolute atomic E-state index is 14.1. The molecule has 1 fully saturated rings. The van der Waals surface area contributed by atoms with Crippen LogP contribution in [0.5, 0.6) is 0 Å². The van der Waals surface area contributed by atoms with Crippen LogP contribution in [0.1, 0.15) is 15.9 Å². The van der Waals surface area contributed by atoms with Gasteiger partial charge in [-0.15, -0.1) is 0 Å². The average molecular weight is 510 g/mol. The number of benzene rings is 3.